The zero-order valence-electron chi connectivity index (χ0n) is 8.76. The van der Waals surface area contributed by atoms with Crippen molar-refractivity contribution in [3.63, 3.8) is 0 Å². The Morgan fingerprint density at radius 1 is 1.33 bits per heavy atom. The van der Waals surface area contributed by atoms with E-state index in [1.807, 2.05) is 6.92 Å². The first-order valence-corrected chi connectivity index (χ1v) is 4.66. The Hall–Kier alpha value is -1.42. The first-order chi connectivity index (χ1) is 7.10. The van der Waals surface area contributed by atoms with Crippen LogP contribution in [0.1, 0.15) is 5.56 Å². The first-order valence-electron chi connectivity index (χ1n) is 4.28. The number of benzene rings is 1. The third-order valence-electron chi connectivity index (χ3n) is 2.01. The summed E-state index contributed by atoms with van der Waals surface area (Å²) in [6, 6.07) is 3.41. The number of carbonyl (C=O) groups is 1. The molecule has 0 atom stereocenters. The Kier molecular flexibility index (Phi) is 3.80. The number of hydrogen-bond acceptors (Lipinski definition) is 3. The van der Waals surface area contributed by atoms with Crippen LogP contribution in [0, 0.1) is 6.92 Å². The van der Waals surface area contributed by atoms with Gasteiger partial charge in [-0.05, 0) is 30.7 Å². The van der Waals surface area contributed by atoms with Crippen LogP contribution in [0.2, 0.25) is 0 Å². The lowest BCUT2D eigenvalue weighted by molar-refractivity contribution is 0.268. The van der Waals surface area contributed by atoms with E-state index in [0.717, 1.165) is 5.56 Å². The van der Waals surface area contributed by atoms with Crippen molar-refractivity contribution in [2.45, 2.75) is 6.92 Å². The Labute approximate surface area is 93.1 Å². The van der Waals surface area contributed by atoms with Crippen LogP contribution in [0.25, 0.3) is 0 Å². The highest BCUT2D eigenvalue weighted by Gasteiger charge is 2.12. The molecule has 0 radical (unpaired) electrons. The van der Waals surface area contributed by atoms with Gasteiger partial charge >= 0.3 is 5.37 Å². The van der Waals surface area contributed by atoms with Gasteiger partial charge in [-0.25, -0.2) is 0 Å². The maximum atomic E-state index is 10.7. The summed E-state index contributed by atoms with van der Waals surface area (Å²) in [5.74, 6) is 1.24. The number of carbonyl (C=O) groups excluding carboxylic acids is 1. The second-order valence-electron chi connectivity index (χ2n) is 2.87. The van der Waals surface area contributed by atoms with Crippen LogP contribution in [0.5, 0.6) is 11.5 Å². The lowest BCUT2D eigenvalue weighted by Gasteiger charge is -2.13. The molecule has 1 amide bonds. The third-order valence-corrected chi connectivity index (χ3v) is 2.11. The monoisotopic (exact) mass is 229 g/mol. The van der Waals surface area contributed by atoms with E-state index < -0.39 is 5.37 Å². The van der Waals surface area contributed by atoms with Gasteiger partial charge in [-0.2, -0.15) is 0 Å². The summed E-state index contributed by atoms with van der Waals surface area (Å²) in [4.78, 5) is 10.7. The van der Waals surface area contributed by atoms with Gasteiger partial charge in [0.25, 0.3) is 0 Å². The predicted molar refractivity (Wildman–Crippen MR) is 59.2 cm³/mol. The number of ether oxygens (including phenoxy) is 2. The zero-order valence-corrected chi connectivity index (χ0v) is 9.51. The SMILES string of the molecule is COc1ccc(NC(=O)Cl)c(OC)c1C. The van der Waals surface area contributed by atoms with Gasteiger partial charge in [-0.15, -0.1) is 0 Å². The number of methoxy groups -OCH3 is 2. The fraction of sp³-hybridized carbons (Fsp3) is 0.300. The lowest BCUT2D eigenvalue weighted by Crippen LogP contribution is -2.04. The molecule has 0 aliphatic carbocycles. The smallest absolute Gasteiger partial charge is 0.318 e. The summed E-state index contributed by atoms with van der Waals surface area (Å²) in [5.41, 5.74) is 1.33. The normalized spacial score (nSPS) is 9.60. The number of anilines is 1. The molecule has 1 aromatic carbocycles. The van der Waals surface area contributed by atoms with Crippen LogP contribution in [0.4, 0.5) is 10.5 Å². The van der Waals surface area contributed by atoms with Crippen molar-refractivity contribution < 1.29 is 14.3 Å². The Morgan fingerprint density at radius 3 is 2.47 bits per heavy atom. The average Bonchev–Trinajstić information content (AvgIpc) is 2.18. The molecule has 4 nitrogen and oxygen atoms in total. The summed E-state index contributed by atoms with van der Waals surface area (Å²) in [7, 11) is 3.09. The van der Waals surface area contributed by atoms with Crippen molar-refractivity contribution in [3.05, 3.63) is 17.7 Å². The molecule has 82 valence electrons. The quantitative estimate of drug-likeness (QED) is 0.641. The number of nitrogens with one attached hydrogen (secondary N) is 1. The summed E-state index contributed by atoms with van der Waals surface area (Å²) in [6.45, 7) is 1.83. The first kappa shape index (κ1) is 11.7. The van der Waals surface area contributed by atoms with Crippen LogP contribution in [-0.2, 0) is 0 Å². The van der Waals surface area contributed by atoms with Gasteiger partial charge in [0.05, 0.1) is 19.9 Å². The molecule has 1 aromatic rings. The van der Waals surface area contributed by atoms with Crippen LogP contribution in [-0.4, -0.2) is 19.6 Å². The van der Waals surface area contributed by atoms with Gasteiger partial charge in [-0.1, -0.05) is 0 Å². The van der Waals surface area contributed by atoms with Crippen molar-refractivity contribution in [2.75, 3.05) is 19.5 Å². The maximum Gasteiger partial charge on any atom is 0.318 e. The summed E-state index contributed by atoms with van der Waals surface area (Å²) >= 11 is 5.23. The van der Waals surface area contributed by atoms with Gasteiger partial charge in [0.15, 0.2) is 0 Å². The van der Waals surface area contributed by atoms with E-state index in [1.165, 1.54) is 7.11 Å². The molecule has 5 heteroatoms. The second-order valence-corrected chi connectivity index (χ2v) is 3.22. The lowest BCUT2D eigenvalue weighted by atomic mass is 10.1. The van der Waals surface area contributed by atoms with Crippen molar-refractivity contribution in [2.24, 2.45) is 0 Å². The van der Waals surface area contributed by atoms with Crippen molar-refractivity contribution in [3.8, 4) is 11.5 Å². The van der Waals surface area contributed by atoms with E-state index in [0.29, 0.717) is 17.2 Å². The highest BCUT2D eigenvalue weighted by Crippen LogP contribution is 2.34. The molecule has 1 rings (SSSR count). The molecule has 15 heavy (non-hydrogen) atoms. The highest BCUT2D eigenvalue weighted by molar-refractivity contribution is 6.65. The second kappa shape index (κ2) is 4.89. The van der Waals surface area contributed by atoms with Gasteiger partial charge in [0.2, 0.25) is 0 Å². The Balaban J connectivity index is 3.18. The van der Waals surface area contributed by atoms with E-state index >= 15 is 0 Å². The molecule has 1 N–H and O–H groups in total. The minimum absolute atomic E-state index is 0.524. The molecule has 0 aliphatic heterocycles. The van der Waals surface area contributed by atoms with Gasteiger partial charge < -0.3 is 14.8 Å². The van der Waals surface area contributed by atoms with Crippen LogP contribution < -0.4 is 14.8 Å². The molecular formula is C10H12ClNO3. The fourth-order valence-electron chi connectivity index (χ4n) is 1.36. The summed E-state index contributed by atoms with van der Waals surface area (Å²) in [5, 5.41) is 1.81. The topological polar surface area (TPSA) is 47.6 Å². The summed E-state index contributed by atoms with van der Waals surface area (Å²) in [6.07, 6.45) is 0. The van der Waals surface area contributed by atoms with E-state index in [-0.39, 0.29) is 0 Å². The van der Waals surface area contributed by atoms with Crippen molar-refractivity contribution >= 4 is 22.7 Å². The predicted octanol–water partition coefficient (Wildman–Crippen LogP) is 2.78. The van der Waals surface area contributed by atoms with Crippen LogP contribution in [0.15, 0.2) is 12.1 Å². The fourth-order valence-corrected chi connectivity index (χ4v) is 1.46. The number of amides is 1. The molecule has 0 aromatic heterocycles. The molecule has 0 bridgehead atoms. The van der Waals surface area contributed by atoms with Crippen molar-refractivity contribution in [1.82, 2.24) is 0 Å². The standard InChI is InChI=1S/C10H12ClNO3/c1-6-8(14-2)5-4-7(9(6)15-3)12-10(11)13/h4-5H,1-3H3,(H,12,13). The van der Waals surface area contributed by atoms with Gasteiger partial charge in [0, 0.05) is 5.56 Å². The van der Waals surface area contributed by atoms with E-state index in [4.69, 9.17) is 21.1 Å². The summed E-state index contributed by atoms with van der Waals surface area (Å²) < 4.78 is 10.3. The molecule has 0 saturated heterocycles. The molecule has 0 unspecified atom stereocenters. The largest absolute Gasteiger partial charge is 0.496 e. The minimum Gasteiger partial charge on any atom is -0.496 e. The Morgan fingerprint density at radius 2 is 2.00 bits per heavy atom. The van der Waals surface area contributed by atoms with Gasteiger partial charge in [0.1, 0.15) is 11.5 Å². The van der Waals surface area contributed by atoms with Gasteiger partial charge in [-0.3, -0.25) is 4.79 Å². The molecule has 0 spiro atoms. The molecule has 0 fully saturated rings. The third kappa shape index (κ3) is 2.53. The van der Waals surface area contributed by atoms with Crippen LogP contribution >= 0.6 is 11.6 Å². The van der Waals surface area contributed by atoms with E-state index in [9.17, 15) is 4.79 Å². The number of halogens is 1. The highest BCUT2D eigenvalue weighted by atomic mass is 35.5. The molecule has 0 saturated carbocycles. The van der Waals surface area contributed by atoms with E-state index in [1.54, 1.807) is 19.2 Å². The molecule has 0 aliphatic rings. The molecular weight excluding hydrogens is 218 g/mol. The van der Waals surface area contributed by atoms with Crippen molar-refractivity contribution in [1.29, 1.82) is 0 Å². The Bertz CT molecular complexity index is 379. The van der Waals surface area contributed by atoms with E-state index in [2.05, 4.69) is 5.32 Å². The maximum absolute atomic E-state index is 10.7. The zero-order chi connectivity index (χ0) is 11.4. The number of rotatable bonds is 3. The van der Waals surface area contributed by atoms with Crippen LogP contribution in [0.3, 0.4) is 0 Å². The number of hydrogen-bond donors (Lipinski definition) is 1. The minimum atomic E-state index is -0.655. The molecule has 0 heterocycles. The average molecular weight is 230 g/mol.